The summed E-state index contributed by atoms with van der Waals surface area (Å²) in [5.74, 6) is 1.16. The summed E-state index contributed by atoms with van der Waals surface area (Å²) >= 11 is 0. The number of carbonyl (C=O) groups excluding carboxylic acids is 1. The quantitative estimate of drug-likeness (QED) is 0.718. The van der Waals surface area contributed by atoms with Crippen LogP contribution in [0.4, 0.5) is 0 Å². The maximum absolute atomic E-state index is 11.8. The van der Waals surface area contributed by atoms with Crippen molar-refractivity contribution in [3.8, 4) is 22.8 Å². The van der Waals surface area contributed by atoms with E-state index in [0.29, 0.717) is 24.7 Å². The smallest absolute Gasteiger partial charge is 0.227 e. The first-order valence-electron chi connectivity index (χ1n) is 7.59. The molecule has 1 aliphatic heterocycles. The molecule has 0 saturated heterocycles. The number of carbonyl (C=O) groups is 1. The Bertz CT molecular complexity index is 934. The fourth-order valence-corrected chi connectivity index (χ4v) is 2.74. The van der Waals surface area contributed by atoms with Crippen molar-refractivity contribution in [3.05, 3.63) is 47.6 Å². The van der Waals surface area contributed by atoms with Crippen molar-refractivity contribution < 1.29 is 9.32 Å². The van der Waals surface area contributed by atoms with Crippen LogP contribution in [0, 0.1) is 6.92 Å². The lowest BCUT2D eigenvalue weighted by Crippen LogP contribution is -2.32. The molecule has 7 nitrogen and oxygen atoms in total. The van der Waals surface area contributed by atoms with Gasteiger partial charge in [-0.05, 0) is 29.3 Å². The number of hydrogen-bond acceptors (Lipinski definition) is 6. The summed E-state index contributed by atoms with van der Waals surface area (Å²) in [4.78, 5) is 26.6. The molecular formula is C17H15N5O2. The summed E-state index contributed by atoms with van der Waals surface area (Å²) in [6.07, 6.45) is 3.87. The zero-order chi connectivity index (χ0) is 16.7. The normalized spacial score (nSPS) is 13.9. The Hall–Kier alpha value is -3.09. The van der Waals surface area contributed by atoms with Crippen LogP contribution in [0.15, 0.2) is 35.1 Å². The summed E-state index contributed by atoms with van der Waals surface area (Å²) in [7, 11) is 1.81. The van der Waals surface area contributed by atoms with Gasteiger partial charge in [0.2, 0.25) is 17.6 Å². The van der Waals surface area contributed by atoms with Crippen LogP contribution in [0.1, 0.15) is 17.0 Å². The van der Waals surface area contributed by atoms with E-state index in [1.165, 1.54) is 0 Å². The number of hydrogen-bond donors (Lipinski definition) is 0. The van der Waals surface area contributed by atoms with E-state index >= 15 is 0 Å². The molecule has 3 aromatic heterocycles. The first-order chi connectivity index (χ1) is 11.6. The molecule has 0 bridgehead atoms. The van der Waals surface area contributed by atoms with Gasteiger partial charge in [0.25, 0.3) is 0 Å². The second kappa shape index (κ2) is 5.52. The van der Waals surface area contributed by atoms with Gasteiger partial charge in [0.15, 0.2) is 0 Å². The number of amides is 1. The van der Waals surface area contributed by atoms with Crippen molar-refractivity contribution in [1.82, 2.24) is 25.0 Å². The molecule has 0 unspecified atom stereocenters. The Balaban J connectivity index is 1.72. The van der Waals surface area contributed by atoms with Crippen LogP contribution in [0.5, 0.6) is 0 Å². The van der Waals surface area contributed by atoms with Gasteiger partial charge in [0.1, 0.15) is 0 Å². The molecule has 0 atom stereocenters. The largest absolute Gasteiger partial charge is 0.341 e. The minimum absolute atomic E-state index is 0.115. The Kier molecular flexibility index (Phi) is 3.34. The molecule has 0 fully saturated rings. The fourth-order valence-electron chi connectivity index (χ4n) is 2.74. The number of rotatable bonds is 2. The number of fused-ring (bicyclic) bond motifs is 1. The highest BCUT2D eigenvalue weighted by atomic mass is 16.5. The molecule has 0 N–H and O–H groups in total. The minimum atomic E-state index is 0.115. The monoisotopic (exact) mass is 321 g/mol. The Morgan fingerprint density at radius 2 is 2.00 bits per heavy atom. The molecule has 0 saturated carbocycles. The highest BCUT2D eigenvalue weighted by Gasteiger charge is 2.21. The Labute approximate surface area is 138 Å². The molecule has 0 spiro atoms. The number of aryl methyl sites for hydroxylation is 1. The lowest BCUT2D eigenvalue weighted by Gasteiger charge is -2.25. The first kappa shape index (κ1) is 14.5. The SMILES string of the molecule is Cc1nc(-c2ccnc(-c3cc4c(cn3)CC(=O)N(C)C4)c2)no1. The van der Waals surface area contributed by atoms with Gasteiger partial charge in [0, 0.05) is 38.5 Å². The van der Waals surface area contributed by atoms with Crippen LogP contribution in [0.25, 0.3) is 22.8 Å². The lowest BCUT2D eigenvalue weighted by atomic mass is 10.0. The van der Waals surface area contributed by atoms with Crippen molar-refractivity contribution >= 4 is 5.91 Å². The van der Waals surface area contributed by atoms with E-state index in [-0.39, 0.29) is 5.91 Å². The van der Waals surface area contributed by atoms with E-state index in [4.69, 9.17) is 4.52 Å². The molecule has 0 aliphatic carbocycles. The molecular weight excluding hydrogens is 306 g/mol. The predicted molar refractivity (Wildman–Crippen MR) is 85.7 cm³/mol. The van der Waals surface area contributed by atoms with E-state index in [0.717, 1.165) is 28.1 Å². The highest BCUT2D eigenvalue weighted by molar-refractivity contribution is 5.80. The van der Waals surface area contributed by atoms with E-state index < -0.39 is 0 Å². The van der Waals surface area contributed by atoms with Crippen LogP contribution in [-0.4, -0.2) is 38.0 Å². The van der Waals surface area contributed by atoms with Crippen LogP contribution in [0.2, 0.25) is 0 Å². The van der Waals surface area contributed by atoms with Gasteiger partial charge in [-0.15, -0.1) is 0 Å². The van der Waals surface area contributed by atoms with Gasteiger partial charge in [-0.3, -0.25) is 14.8 Å². The summed E-state index contributed by atoms with van der Waals surface area (Å²) in [5, 5.41) is 3.93. The number of nitrogens with zero attached hydrogens (tertiary/aromatic N) is 5. The average Bonchev–Trinajstić information content (AvgIpc) is 3.02. The molecule has 4 heterocycles. The van der Waals surface area contributed by atoms with Gasteiger partial charge in [-0.25, -0.2) is 0 Å². The van der Waals surface area contributed by atoms with Gasteiger partial charge >= 0.3 is 0 Å². The summed E-state index contributed by atoms with van der Waals surface area (Å²) < 4.78 is 5.03. The third kappa shape index (κ3) is 2.54. The third-order valence-corrected chi connectivity index (χ3v) is 4.07. The third-order valence-electron chi connectivity index (χ3n) is 4.07. The minimum Gasteiger partial charge on any atom is -0.341 e. The Morgan fingerprint density at radius 3 is 2.79 bits per heavy atom. The molecule has 0 aromatic carbocycles. The fraction of sp³-hybridized carbons (Fsp3) is 0.235. The van der Waals surface area contributed by atoms with Crippen LogP contribution < -0.4 is 0 Å². The van der Waals surface area contributed by atoms with Crippen molar-refractivity contribution in [2.24, 2.45) is 0 Å². The maximum Gasteiger partial charge on any atom is 0.227 e. The number of pyridine rings is 2. The first-order valence-corrected chi connectivity index (χ1v) is 7.59. The van der Waals surface area contributed by atoms with Crippen molar-refractivity contribution in [2.45, 2.75) is 19.9 Å². The topological polar surface area (TPSA) is 85.0 Å². The van der Waals surface area contributed by atoms with Crippen molar-refractivity contribution in [3.63, 3.8) is 0 Å². The number of aromatic nitrogens is 4. The second-order valence-electron chi connectivity index (χ2n) is 5.83. The molecule has 4 rings (SSSR count). The Morgan fingerprint density at radius 1 is 1.17 bits per heavy atom. The summed E-state index contributed by atoms with van der Waals surface area (Å²) in [6.45, 7) is 2.34. The lowest BCUT2D eigenvalue weighted by molar-refractivity contribution is -0.130. The molecule has 1 amide bonds. The molecule has 7 heteroatoms. The van der Waals surface area contributed by atoms with Gasteiger partial charge < -0.3 is 9.42 Å². The van der Waals surface area contributed by atoms with Gasteiger partial charge in [-0.1, -0.05) is 5.16 Å². The summed E-state index contributed by atoms with van der Waals surface area (Å²) in [6, 6.07) is 5.71. The maximum atomic E-state index is 11.8. The summed E-state index contributed by atoms with van der Waals surface area (Å²) in [5.41, 5.74) is 4.40. The average molecular weight is 321 g/mol. The zero-order valence-corrected chi connectivity index (χ0v) is 13.4. The van der Waals surface area contributed by atoms with Crippen LogP contribution in [0.3, 0.4) is 0 Å². The van der Waals surface area contributed by atoms with Gasteiger partial charge in [0.05, 0.1) is 17.8 Å². The molecule has 1 aliphatic rings. The van der Waals surface area contributed by atoms with Crippen molar-refractivity contribution in [2.75, 3.05) is 7.05 Å². The standard InChI is InChI=1S/C17H15N5O2/c1-10-20-17(21-24-10)11-3-4-18-14(5-11)15-6-13-9-22(2)16(23)7-12(13)8-19-15/h3-6,8H,7,9H2,1-2H3. The van der Waals surface area contributed by atoms with Crippen LogP contribution >= 0.6 is 0 Å². The molecule has 120 valence electrons. The molecule has 24 heavy (non-hydrogen) atoms. The van der Waals surface area contributed by atoms with Crippen molar-refractivity contribution in [1.29, 1.82) is 0 Å². The molecule has 0 radical (unpaired) electrons. The number of likely N-dealkylation sites (N-methyl/N-ethyl adjacent to an activating group) is 1. The molecule has 3 aromatic rings. The van der Waals surface area contributed by atoms with E-state index in [1.54, 1.807) is 24.2 Å². The van der Waals surface area contributed by atoms with E-state index in [2.05, 4.69) is 20.1 Å². The zero-order valence-electron chi connectivity index (χ0n) is 13.4. The predicted octanol–water partition coefficient (Wildman–Crippen LogP) is 2.02. The van der Waals surface area contributed by atoms with E-state index in [9.17, 15) is 4.79 Å². The van der Waals surface area contributed by atoms with E-state index in [1.807, 2.05) is 25.2 Å². The van der Waals surface area contributed by atoms with Gasteiger partial charge in [-0.2, -0.15) is 4.98 Å². The van der Waals surface area contributed by atoms with Crippen LogP contribution in [-0.2, 0) is 17.8 Å². The second-order valence-corrected chi connectivity index (χ2v) is 5.83. The highest BCUT2D eigenvalue weighted by Crippen LogP contribution is 2.25.